The number of nitrogens with zero attached hydrogens (tertiary/aromatic N) is 2. The molecule has 152 valence electrons. The highest BCUT2D eigenvalue weighted by molar-refractivity contribution is 9.10. The van der Waals surface area contributed by atoms with E-state index in [-0.39, 0.29) is 18.6 Å². The first-order valence-corrected chi connectivity index (χ1v) is 10.4. The van der Waals surface area contributed by atoms with E-state index in [0.29, 0.717) is 25.8 Å². The number of nitrogens with one attached hydrogen (secondary N) is 1. The average molecular weight is 495 g/mol. The number of aliphatic hydroxyl groups is 2. The average Bonchev–Trinajstić information content (AvgIpc) is 3.35. The Balaban J connectivity index is 1.53. The maximum atomic E-state index is 12.1. The topological polar surface area (TPSA) is 106 Å². The molecule has 5 atom stereocenters. The molecule has 0 bridgehead atoms. The van der Waals surface area contributed by atoms with Crippen LogP contribution in [-0.4, -0.2) is 63.2 Å². The van der Waals surface area contributed by atoms with Crippen LogP contribution in [0.15, 0.2) is 16.9 Å². The van der Waals surface area contributed by atoms with Crippen LogP contribution in [0.2, 0.25) is 10.0 Å². The first-order chi connectivity index (χ1) is 13.4. The second-order valence-corrected chi connectivity index (χ2v) is 8.35. The summed E-state index contributed by atoms with van der Waals surface area (Å²) in [5, 5.41) is 24.6. The van der Waals surface area contributed by atoms with Crippen LogP contribution >= 0.6 is 39.1 Å². The molecular weight excluding hydrogens is 477 g/mol. The maximum absolute atomic E-state index is 12.1. The summed E-state index contributed by atoms with van der Waals surface area (Å²) in [6.07, 6.45) is -2.68. The van der Waals surface area contributed by atoms with E-state index in [0.717, 1.165) is 19.4 Å². The SMILES string of the molecule is O=C(OC[C@H]1O[C@@H](n2c(Br)nc3cc(Cl)c(Cl)cc32)[C@H](O)[C@@H]1O)[C@@H]1CCCN1. The van der Waals surface area contributed by atoms with E-state index in [1.54, 1.807) is 16.7 Å². The van der Waals surface area contributed by atoms with Crippen molar-refractivity contribution < 1.29 is 24.5 Å². The van der Waals surface area contributed by atoms with Crippen molar-refractivity contribution in [1.29, 1.82) is 0 Å². The molecule has 2 saturated heterocycles. The molecule has 8 nitrogen and oxygen atoms in total. The highest BCUT2D eigenvalue weighted by Crippen LogP contribution is 2.37. The summed E-state index contributed by atoms with van der Waals surface area (Å²) in [7, 11) is 0. The van der Waals surface area contributed by atoms with Crippen LogP contribution < -0.4 is 5.32 Å². The van der Waals surface area contributed by atoms with Crippen LogP contribution in [0, 0.1) is 0 Å². The van der Waals surface area contributed by atoms with Gasteiger partial charge in [-0.25, -0.2) is 4.98 Å². The van der Waals surface area contributed by atoms with Crippen LogP contribution in [0.4, 0.5) is 0 Å². The number of imidazole rings is 1. The second-order valence-electron chi connectivity index (χ2n) is 6.83. The number of hydrogen-bond acceptors (Lipinski definition) is 7. The van der Waals surface area contributed by atoms with E-state index in [2.05, 4.69) is 26.2 Å². The predicted molar refractivity (Wildman–Crippen MR) is 105 cm³/mol. The number of rotatable bonds is 4. The van der Waals surface area contributed by atoms with E-state index in [1.807, 2.05) is 0 Å². The molecule has 4 rings (SSSR count). The van der Waals surface area contributed by atoms with Crippen LogP contribution in [0.3, 0.4) is 0 Å². The van der Waals surface area contributed by atoms with Crippen LogP contribution in [0.1, 0.15) is 19.1 Å². The van der Waals surface area contributed by atoms with E-state index < -0.39 is 24.5 Å². The number of esters is 1. The van der Waals surface area contributed by atoms with Gasteiger partial charge in [-0.1, -0.05) is 23.2 Å². The molecule has 0 radical (unpaired) electrons. The van der Waals surface area contributed by atoms with Crippen molar-refractivity contribution in [3.63, 3.8) is 0 Å². The number of ether oxygens (including phenoxy) is 2. The molecule has 3 N–H and O–H groups in total. The van der Waals surface area contributed by atoms with Gasteiger partial charge in [0.25, 0.3) is 0 Å². The summed E-state index contributed by atoms with van der Waals surface area (Å²) in [5.74, 6) is -0.387. The molecule has 0 saturated carbocycles. The third-order valence-corrected chi connectivity index (χ3v) is 6.30. The zero-order valence-corrected chi connectivity index (χ0v) is 17.6. The summed E-state index contributed by atoms with van der Waals surface area (Å²) in [5.41, 5.74) is 1.12. The standard InChI is InChI=1S/C17H18BrCl2N3O5/c18-17-22-10-4-7(19)8(20)5-11(10)23(17)15-14(25)13(24)12(28-15)6-27-16(26)9-2-1-3-21-9/h4-5,9,12-15,21,24-25H,1-3,6H2/t9-,12+,13+,14+,15+/m0/s1. The van der Waals surface area contributed by atoms with Crippen molar-refractivity contribution in [2.75, 3.05) is 13.2 Å². The van der Waals surface area contributed by atoms with Gasteiger partial charge in [-0.3, -0.25) is 9.36 Å². The van der Waals surface area contributed by atoms with Crippen molar-refractivity contribution in [1.82, 2.24) is 14.9 Å². The lowest BCUT2D eigenvalue weighted by Gasteiger charge is -2.18. The number of hydrogen-bond donors (Lipinski definition) is 3. The second kappa shape index (κ2) is 8.06. The number of carbonyl (C=O) groups excluding carboxylic acids is 1. The molecule has 28 heavy (non-hydrogen) atoms. The first-order valence-electron chi connectivity index (χ1n) is 8.81. The Morgan fingerprint density at radius 2 is 2.11 bits per heavy atom. The molecular formula is C17H18BrCl2N3O5. The van der Waals surface area contributed by atoms with Gasteiger partial charge in [0.05, 0.1) is 21.1 Å². The lowest BCUT2D eigenvalue weighted by molar-refractivity contribution is -0.152. The van der Waals surface area contributed by atoms with Crippen molar-refractivity contribution in [2.24, 2.45) is 0 Å². The minimum Gasteiger partial charge on any atom is -0.462 e. The van der Waals surface area contributed by atoms with Gasteiger partial charge >= 0.3 is 5.97 Å². The number of carbonyl (C=O) groups is 1. The van der Waals surface area contributed by atoms with Gasteiger partial charge in [-0.05, 0) is 47.4 Å². The minimum atomic E-state index is -1.25. The minimum absolute atomic E-state index is 0.164. The highest BCUT2D eigenvalue weighted by atomic mass is 79.9. The largest absolute Gasteiger partial charge is 0.462 e. The van der Waals surface area contributed by atoms with Crippen molar-refractivity contribution in [3.05, 3.63) is 26.9 Å². The molecule has 0 spiro atoms. The molecule has 2 aromatic rings. The molecule has 1 aromatic carbocycles. The van der Waals surface area contributed by atoms with Crippen molar-refractivity contribution >= 4 is 56.1 Å². The number of aromatic nitrogens is 2. The number of aliphatic hydroxyl groups excluding tert-OH is 2. The van der Waals surface area contributed by atoms with Gasteiger partial charge in [0.15, 0.2) is 11.0 Å². The monoisotopic (exact) mass is 493 g/mol. The number of fused-ring (bicyclic) bond motifs is 1. The molecule has 2 aliphatic rings. The van der Waals surface area contributed by atoms with E-state index >= 15 is 0 Å². The fraction of sp³-hybridized carbons (Fsp3) is 0.529. The quantitative estimate of drug-likeness (QED) is 0.558. The van der Waals surface area contributed by atoms with Gasteiger partial charge in [0.2, 0.25) is 0 Å². The number of halogens is 3. The molecule has 2 fully saturated rings. The van der Waals surface area contributed by atoms with Crippen LogP contribution in [0.5, 0.6) is 0 Å². The number of benzene rings is 1. The van der Waals surface area contributed by atoms with E-state index in [9.17, 15) is 15.0 Å². The molecule has 2 aliphatic heterocycles. The summed E-state index contributed by atoms with van der Waals surface area (Å²) in [6, 6.07) is 2.88. The molecule has 0 unspecified atom stereocenters. The lowest BCUT2D eigenvalue weighted by atomic mass is 10.1. The van der Waals surface area contributed by atoms with Crippen LogP contribution in [0.25, 0.3) is 11.0 Å². The Labute approximate surface area is 178 Å². The smallest absolute Gasteiger partial charge is 0.323 e. The first kappa shape index (κ1) is 20.3. The maximum Gasteiger partial charge on any atom is 0.323 e. The zero-order valence-electron chi connectivity index (χ0n) is 14.5. The molecule has 1 aromatic heterocycles. The van der Waals surface area contributed by atoms with E-state index in [1.165, 1.54) is 0 Å². The van der Waals surface area contributed by atoms with Crippen LogP contribution in [-0.2, 0) is 14.3 Å². The third kappa shape index (κ3) is 3.65. The summed E-state index contributed by atoms with van der Waals surface area (Å²) >= 11 is 15.5. The van der Waals surface area contributed by atoms with E-state index in [4.69, 9.17) is 32.7 Å². The normalized spacial score (nSPS) is 30.2. The van der Waals surface area contributed by atoms with Gasteiger partial charge in [-0.2, -0.15) is 0 Å². The zero-order chi connectivity index (χ0) is 20.0. The highest BCUT2D eigenvalue weighted by Gasteiger charge is 2.45. The molecule has 0 aliphatic carbocycles. The fourth-order valence-corrected chi connectivity index (χ4v) is 4.43. The Morgan fingerprint density at radius 3 is 2.82 bits per heavy atom. The van der Waals surface area contributed by atoms with Gasteiger partial charge in [0, 0.05) is 0 Å². The Kier molecular flexibility index (Phi) is 5.85. The Hall–Kier alpha value is -0.940. The van der Waals surface area contributed by atoms with Gasteiger partial charge in [-0.15, -0.1) is 0 Å². The molecule has 11 heteroatoms. The summed E-state index contributed by atoms with van der Waals surface area (Å²) in [4.78, 5) is 16.4. The van der Waals surface area contributed by atoms with Gasteiger partial charge in [0.1, 0.15) is 31.0 Å². The van der Waals surface area contributed by atoms with Crippen molar-refractivity contribution in [2.45, 2.75) is 43.4 Å². The third-order valence-electron chi connectivity index (χ3n) is 5.01. The summed E-state index contributed by atoms with van der Waals surface area (Å²) in [6.45, 7) is 0.611. The molecule has 3 heterocycles. The predicted octanol–water partition coefficient (Wildman–Crippen LogP) is 2.02. The fourth-order valence-electron chi connectivity index (χ4n) is 3.53. The lowest BCUT2D eigenvalue weighted by Crippen LogP contribution is -2.37. The Morgan fingerprint density at radius 1 is 1.36 bits per heavy atom. The summed E-state index contributed by atoms with van der Waals surface area (Å²) < 4.78 is 13.1. The van der Waals surface area contributed by atoms with Gasteiger partial charge < -0.3 is 25.0 Å². The molecule has 0 amide bonds. The van der Waals surface area contributed by atoms with Crippen molar-refractivity contribution in [3.8, 4) is 0 Å². The Bertz CT molecular complexity index is 905.